The molecule has 3 aromatic carbocycles. The summed E-state index contributed by atoms with van der Waals surface area (Å²) in [5.74, 6) is -3.04. The highest BCUT2D eigenvalue weighted by Gasteiger charge is 2.32. The number of aromatic nitrogens is 1. The van der Waals surface area contributed by atoms with E-state index in [0.29, 0.717) is 33.8 Å². The number of rotatable bonds is 17. The molecule has 10 nitrogen and oxygen atoms in total. The van der Waals surface area contributed by atoms with Gasteiger partial charge in [0, 0.05) is 36.5 Å². The molecule has 266 valence electrons. The molecule has 0 spiro atoms. The highest BCUT2D eigenvalue weighted by molar-refractivity contribution is 6.12. The van der Waals surface area contributed by atoms with Gasteiger partial charge >= 0.3 is 11.9 Å². The van der Waals surface area contributed by atoms with Crippen LogP contribution in [0.15, 0.2) is 84.9 Å². The maximum absolute atomic E-state index is 14.2. The van der Waals surface area contributed by atoms with E-state index in [0.717, 1.165) is 5.56 Å². The van der Waals surface area contributed by atoms with Crippen LogP contribution >= 0.6 is 0 Å². The standard InChI is InChI=1S/C39H45FN2O8/c1-25(2)36-35(38(48)41-29-12-8-5-9-13-29)34(26-10-6-4-7-11-26)37(27-14-16-28(40)17-15-27)42(36)20-18-30(44)22-31(23-32(45)46)50-33(47)24-39(3,49)19-21-43/h4-17,25,30-31,43-44,49H,18-24H2,1-3H3,(H,41,48)(H,45,46)/t30-,31-,39?/m1/s1. The van der Waals surface area contributed by atoms with Gasteiger partial charge in [-0.05, 0) is 73.2 Å². The number of carbonyl (C=O) groups is 3. The number of aliphatic hydroxyl groups is 3. The smallest absolute Gasteiger partial charge is 0.308 e. The van der Waals surface area contributed by atoms with Gasteiger partial charge < -0.3 is 35.0 Å². The van der Waals surface area contributed by atoms with Crippen molar-refractivity contribution in [2.24, 2.45) is 0 Å². The zero-order valence-electron chi connectivity index (χ0n) is 28.5. The van der Waals surface area contributed by atoms with E-state index in [4.69, 9.17) is 9.84 Å². The lowest BCUT2D eigenvalue weighted by Crippen LogP contribution is -2.33. The third-order valence-corrected chi connectivity index (χ3v) is 8.39. The quantitative estimate of drug-likeness (QED) is 0.0799. The summed E-state index contributed by atoms with van der Waals surface area (Å²) in [4.78, 5) is 38.5. The van der Waals surface area contributed by atoms with Gasteiger partial charge in [-0.1, -0.05) is 62.4 Å². The summed E-state index contributed by atoms with van der Waals surface area (Å²) in [6.07, 6.45) is -3.51. The lowest BCUT2D eigenvalue weighted by Gasteiger charge is -2.24. The molecule has 1 unspecified atom stereocenters. The van der Waals surface area contributed by atoms with Gasteiger partial charge in [0.2, 0.25) is 0 Å². The minimum absolute atomic E-state index is 0.0733. The van der Waals surface area contributed by atoms with Crippen molar-refractivity contribution in [3.63, 3.8) is 0 Å². The van der Waals surface area contributed by atoms with E-state index >= 15 is 0 Å². The van der Waals surface area contributed by atoms with Gasteiger partial charge in [-0.15, -0.1) is 0 Å². The van der Waals surface area contributed by atoms with Crippen LogP contribution in [0.25, 0.3) is 22.4 Å². The van der Waals surface area contributed by atoms with Crippen molar-refractivity contribution < 1.29 is 43.9 Å². The number of carboxylic acid groups (broad SMARTS) is 1. The fraction of sp³-hybridized carbons (Fsp3) is 0.359. The van der Waals surface area contributed by atoms with Crippen LogP contribution in [0, 0.1) is 5.82 Å². The first-order valence-electron chi connectivity index (χ1n) is 16.7. The number of hydrogen-bond acceptors (Lipinski definition) is 7. The number of esters is 1. The Labute approximate surface area is 291 Å². The fourth-order valence-electron chi connectivity index (χ4n) is 6.14. The van der Waals surface area contributed by atoms with E-state index in [1.165, 1.54) is 19.1 Å². The number of anilines is 1. The Balaban J connectivity index is 1.75. The number of hydrogen-bond donors (Lipinski definition) is 5. The number of aliphatic hydroxyl groups excluding tert-OH is 2. The van der Waals surface area contributed by atoms with Gasteiger partial charge in [0.25, 0.3) is 5.91 Å². The minimum Gasteiger partial charge on any atom is -0.481 e. The van der Waals surface area contributed by atoms with E-state index in [1.54, 1.807) is 24.3 Å². The van der Waals surface area contributed by atoms with Crippen LogP contribution in [0.4, 0.5) is 10.1 Å². The average molecular weight is 689 g/mol. The number of halogens is 1. The van der Waals surface area contributed by atoms with Gasteiger partial charge in [-0.3, -0.25) is 14.4 Å². The molecule has 0 saturated heterocycles. The molecule has 0 bridgehead atoms. The molecule has 0 fully saturated rings. The average Bonchev–Trinajstić information content (AvgIpc) is 3.40. The van der Waals surface area contributed by atoms with Crippen LogP contribution in [0.5, 0.6) is 0 Å². The summed E-state index contributed by atoms with van der Waals surface area (Å²) in [6, 6.07) is 24.4. The predicted octanol–water partition coefficient (Wildman–Crippen LogP) is 6.39. The molecule has 4 rings (SSSR count). The number of amides is 1. The van der Waals surface area contributed by atoms with Crippen LogP contribution < -0.4 is 5.32 Å². The molecular formula is C39H45FN2O8. The second-order valence-corrected chi connectivity index (χ2v) is 13.0. The first-order chi connectivity index (χ1) is 23.8. The number of nitrogens with zero attached hydrogens (tertiary/aromatic N) is 1. The Kier molecular flexibility index (Phi) is 13.1. The van der Waals surface area contributed by atoms with Gasteiger partial charge in [0.05, 0.1) is 35.8 Å². The molecule has 0 aliphatic heterocycles. The number of carbonyl (C=O) groups excluding carboxylic acids is 2. The lowest BCUT2D eigenvalue weighted by molar-refractivity contribution is -0.158. The third kappa shape index (κ3) is 10.1. The predicted molar refractivity (Wildman–Crippen MR) is 188 cm³/mol. The zero-order valence-corrected chi connectivity index (χ0v) is 28.5. The first-order valence-corrected chi connectivity index (χ1v) is 16.7. The Bertz CT molecular complexity index is 1740. The third-order valence-electron chi connectivity index (χ3n) is 8.39. The number of nitrogens with one attached hydrogen (secondary N) is 1. The normalized spacial score (nSPS) is 13.8. The molecule has 11 heteroatoms. The van der Waals surface area contributed by atoms with Crippen molar-refractivity contribution in [1.29, 1.82) is 0 Å². The van der Waals surface area contributed by atoms with Crippen LogP contribution in [0.1, 0.15) is 74.8 Å². The summed E-state index contributed by atoms with van der Waals surface area (Å²) in [5, 5.41) is 43.2. The van der Waals surface area contributed by atoms with Crippen molar-refractivity contribution in [3.8, 4) is 22.4 Å². The van der Waals surface area contributed by atoms with Crippen molar-refractivity contribution in [2.75, 3.05) is 11.9 Å². The molecule has 1 amide bonds. The van der Waals surface area contributed by atoms with Crippen LogP contribution in [0.2, 0.25) is 0 Å². The van der Waals surface area contributed by atoms with Gasteiger partial charge in [-0.2, -0.15) is 0 Å². The monoisotopic (exact) mass is 688 g/mol. The van der Waals surface area contributed by atoms with Crippen LogP contribution in [0.3, 0.4) is 0 Å². The molecule has 4 aromatic rings. The number of para-hydroxylation sites is 1. The van der Waals surface area contributed by atoms with Crippen LogP contribution in [-0.2, 0) is 20.9 Å². The number of aliphatic carboxylic acids is 1. The second-order valence-electron chi connectivity index (χ2n) is 13.0. The first kappa shape index (κ1) is 38.0. The Morgan fingerprint density at radius 3 is 2.14 bits per heavy atom. The summed E-state index contributed by atoms with van der Waals surface area (Å²) in [7, 11) is 0. The Morgan fingerprint density at radius 1 is 0.940 bits per heavy atom. The van der Waals surface area contributed by atoms with Gasteiger partial charge in [-0.25, -0.2) is 4.39 Å². The molecule has 0 radical (unpaired) electrons. The van der Waals surface area contributed by atoms with Crippen molar-refractivity contribution in [2.45, 2.75) is 83.1 Å². The second kappa shape index (κ2) is 17.2. The lowest BCUT2D eigenvalue weighted by atomic mass is 9.94. The highest BCUT2D eigenvalue weighted by Crippen LogP contribution is 2.42. The van der Waals surface area contributed by atoms with Crippen molar-refractivity contribution in [1.82, 2.24) is 4.57 Å². The Hall–Kier alpha value is -4.84. The van der Waals surface area contributed by atoms with Crippen LogP contribution in [-0.4, -0.2) is 67.3 Å². The molecule has 0 saturated carbocycles. The molecule has 3 atom stereocenters. The van der Waals surface area contributed by atoms with Gasteiger partial charge in [0.1, 0.15) is 11.9 Å². The number of ether oxygens (including phenoxy) is 1. The minimum atomic E-state index is -1.54. The van der Waals surface area contributed by atoms with Crippen molar-refractivity contribution >= 4 is 23.5 Å². The topological polar surface area (TPSA) is 158 Å². The molecule has 0 aliphatic carbocycles. The maximum atomic E-state index is 14.2. The highest BCUT2D eigenvalue weighted by atomic mass is 19.1. The van der Waals surface area contributed by atoms with E-state index in [-0.39, 0.29) is 44.2 Å². The molecular weight excluding hydrogens is 643 g/mol. The summed E-state index contributed by atoms with van der Waals surface area (Å²) >= 11 is 0. The van der Waals surface area contributed by atoms with Gasteiger partial charge in [0.15, 0.2) is 0 Å². The fourth-order valence-corrected chi connectivity index (χ4v) is 6.14. The van der Waals surface area contributed by atoms with E-state index in [9.17, 15) is 34.1 Å². The summed E-state index contributed by atoms with van der Waals surface area (Å²) < 4.78 is 21.5. The van der Waals surface area contributed by atoms with E-state index in [1.807, 2.05) is 66.9 Å². The van der Waals surface area contributed by atoms with E-state index < -0.39 is 48.4 Å². The molecule has 1 aromatic heterocycles. The molecule has 0 aliphatic rings. The van der Waals surface area contributed by atoms with Crippen molar-refractivity contribution in [3.05, 3.63) is 102 Å². The summed E-state index contributed by atoms with van der Waals surface area (Å²) in [6.45, 7) is 5.11. The number of carboxylic acids is 1. The zero-order chi connectivity index (χ0) is 36.4. The largest absolute Gasteiger partial charge is 0.481 e. The molecule has 50 heavy (non-hydrogen) atoms. The molecule has 5 N–H and O–H groups in total. The Morgan fingerprint density at radius 2 is 1.56 bits per heavy atom. The number of benzene rings is 3. The molecule has 1 heterocycles. The van der Waals surface area contributed by atoms with E-state index in [2.05, 4.69) is 5.32 Å². The summed E-state index contributed by atoms with van der Waals surface area (Å²) in [5.41, 5.74) is 2.86. The maximum Gasteiger partial charge on any atom is 0.308 e. The SMILES string of the molecule is CC(C)c1c(C(=O)Nc2ccccc2)c(-c2ccccc2)c(-c2ccc(F)cc2)n1CC[C@@H](O)C[C@H](CC(=O)O)OC(=O)CC(C)(O)CCO.